The topological polar surface area (TPSA) is 22.1 Å². The first-order valence-corrected chi connectivity index (χ1v) is 3.55. The van der Waals surface area contributed by atoms with E-state index in [4.69, 9.17) is 0 Å². The molecule has 0 aliphatic heterocycles. The van der Waals surface area contributed by atoms with Crippen molar-refractivity contribution in [2.45, 2.75) is 12.3 Å². The summed E-state index contributed by atoms with van der Waals surface area (Å²) in [6.07, 6.45) is -3.73. The highest BCUT2D eigenvalue weighted by atomic mass is 19.4. The van der Waals surface area contributed by atoms with Gasteiger partial charge in [0.2, 0.25) is 0 Å². The van der Waals surface area contributed by atoms with Gasteiger partial charge in [-0.2, -0.15) is 13.2 Å². The molecule has 0 aliphatic carbocycles. The number of hydrogen-bond acceptors (Lipinski definition) is 2. The monoisotopic (exact) mass is 191 g/mol. The predicted octanol–water partition coefficient (Wildman–Crippen LogP) is 2.33. The first kappa shape index (κ1) is 9.98. The minimum absolute atomic E-state index is 0.0116. The standard InChI is InChI=1S/C8H8F3NO/c1-13-7(8(9,10)11)6-3-2-4-12-5-6/h2-5,7H,1H3/t7-/m0/s1. The Kier molecular flexibility index (Phi) is 2.87. The molecule has 0 radical (unpaired) electrons. The molecule has 0 fully saturated rings. The quantitative estimate of drug-likeness (QED) is 0.715. The summed E-state index contributed by atoms with van der Waals surface area (Å²) < 4.78 is 41.1. The van der Waals surface area contributed by atoms with E-state index in [0.717, 1.165) is 13.3 Å². The zero-order chi connectivity index (χ0) is 9.90. The van der Waals surface area contributed by atoms with E-state index in [0.29, 0.717) is 0 Å². The molecule has 0 saturated carbocycles. The lowest BCUT2D eigenvalue weighted by molar-refractivity contribution is -0.216. The van der Waals surface area contributed by atoms with Gasteiger partial charge in [0.1, 0.15) is 0 Å². The van der Waals surface area contributed by atoms with E-state index in [-0.39, 0.29) is 5.56 Å². The summed E-state index contributed by atoms with van der Waals surface area (Å²) in [4.78, 5) is 3.59. The van der Waals surface area contributed by atoms with E-state index in [2.05, 4.69) is 9.72 Å². The van der Waals surface area contributed by atoms with Gasteiger partial charge < -0.3 is 4.74 Å². The third-order valence-corrected chi connectivity index (χ3v) is 1.52. The largest absolute Gasteiger partial charge is 0.418 e. The molecule has 0 amide bonds. The Bertz CT molecular complexity index is 260. The van der Waals surface area contributed by atoms with Gasteiger partial charge in [0.25, 0.3) is 0 Å². The van der Waals surface area contributed by atoms with Gasteiger partial charge in [-0.25, -0.2) is 0 Å². The molecule has 1 atom stereocenters. The first-order valence-electron chi connectivity index (χ1n) is 3.55. The molecular weight excluding hydrogens is 183 g/mol. The minimum atomic E-state index is -4.39. The van der Waals surface area contributed by atoms with Crippen molar-refractivity contribution in [1.29, 1.82) is 0 Å². The van der Waals surface area contributed by atoms with Crippen molar-refractivity contribution in [2.75, 3.05) is 7.11 Å². The van der Waals surface area contributed by atoms with Crippen LogP contribution >= 0.6 is 0 Å². The summed E-state index contributed by atoms with van der Waals surface area (Å²) in [5.74, 6) is 0. The molecule has 1 rings (SSSR count). The lowest BCUT2D eigenvalue weighted by atomic mass is 10.1. The smallest absolute Gasteiger partial charge is 0.367 e. The highest BCUT2D eigenvalue weighted by molar-refractivity contribution is 5.13. The number of aromatic nitrogens is 1. The molecule has 0 saturated heterocycles. The Labute approximate surface area is 73.4 Å². The van der Waals surface area contributed by atoms with Crippen molar-refractivity contribution in [3.05, 3.63) is 30.1 Å². The van der Waals surface area contributed by atoms with Crippen LogP contribution in [0.4, 0.5) is 13.2 Å². The number of halogens is 3. The molecule has 0 aromatic carbocycles. The molecular formula is C8H8F3NO. The van der Waals surface area contributed by atoms with E-state index in [9.17, 15) is 13.2 Å². The van der Waals surface area contributed by atoms with Crippen molar-refractivity contribution in [3.63, 3.8) is 0 Å². The molecule has 1 aromatic heterocycles. The van der Waals surface area contributed by atoms with Crippen LogP contribution in [0.5, 0.6) is 0 Å². The summed E-state index contributed by atoms with van der Waals surface area (Å²) in [6.45, 7) is 0. The van der Waals surface area contributed by atoms with Gasteiger partial charge in [-0.3, -0.25) is 4.98 Å². The molecule has 0 aliphatic rings. The van der Waals surface area contributed by atoms with Crippen molar-refractivity contribution in [2.24, 2.45) is 0 Å². The van der Waals surface area contributed by atoms with Gasteiger partial charge >= 0.3 is 6.18 Å². The van der Waals surface area contributed by atoms with Crippen molar-refractivity contribution in [1.82, 2.24) is 4.98 Å². The van der Waals surface area contributed by atoms with E-state index >= 15 is 0 Å². The molecule has 13 heavy (non-hydrogen) atoms. The Hall–Kier alpha value is -1.10. The molecule has 0 spiro atoms. The second-order valence-corrected chi connectivity index (χ2v) is 2.44. The number of rotatable bonds is 2. The first-order chi connectivity index (χ1) is 6.05. The van der Waals surface area contributed by atoms with Gasteiger partial charge in [0.15, 0.2) is 6.10 Å². The fourth-order valence-corrected chi connectivity index (χ4v) is 0.990. The van der Waals surface area contributed by atoms with Gasteiger partial charge in [-0.15, -0.1) is 0 Å². The second-order valence-electron chi connectivity index (χ2n) is 2.44. The van der Waals surface area contributed by atoms with E-state index in [1.165, 1.54) is 18.3 Å². The van der Waals surface area contributed by atoms with Crippen LogP contribution in [0.15, 0.2) is 24.5 Å². The second kappa shape index (κ2) is 3.74. The SMILES string of the molecule is CO[C@@H](c1cccnc1)C(F)(F)F. The van der Waals surface area contributed by atoms with Crippen molar-refractivity contribution in [3.8, 4) is 0 Å². The maximum absolute atomic E-state index is 12.3. The Balaban J connectivity index is 2.92. The van der Waals surface area contributed by atoms with E-state index < -0.39 is 12.3 Å². The average molecular weight is 191 g/mol. The molecule has 72 valence electrons. The third-order valence-electron chi connectivity index (χ3n) is 1.52. The van der Waals surface area contributed by atoms with Gasteiger partial charge in [-0.1, -0.05) is 6.07 Å². The van der Waals surface area contributed by atoms with Crippen LogP contribution in [-0.4, -0.2) is 18.3 Å². The molecule has 5 heteroatoms. The number of nitrogens with zero attached hydrogens (tertiary/aromatic N) is 1. The van der Waals surface area contributed by atoms with Crippen LogP contribution in [0.2, 0.25) is 0 Å². The highest BCUT2D eigenvalue weighted by Gasteiger charge is 2.41. The zero-order valence-electron chi connectivity index (χ0n) is 6.88. The third kappa shape index (κ3) is 2.42. The average Bonchev–Trinajstić information content (AvgIpc) is 2.05. The van der Waals surface area contributed by atoms with Crippen LogP contribution in [0.1, 0.15) is 11.7 Å². The molecule has 2 nitrogen and oxygen atoms in total. The highest BCUT2D eigenvalue weighted by Crippen LogP contribution is 2.34. The van der Waals surface area contributed by atoms with Crippen LogP contribution in [-0.2, 0) is 4.74 Å². The molecule has 0 bridgehead atoms. The minimum Gasteiger partial charge on any atom is -0.367 e. The lowest BCUT2D eigenvalue weighted by Crippen LogP contribution is -2.22. The summed E-state index contributed by atoms with van der Waals surface area (Å²) in [6, 6.07) is 2.77. The van der Waals surface area contributed by atoms with Crippen LogP contribution in [0.25, 0.3) is 0 Å². The molecule has 1 heterocycles. The van der Waals surface area contributed by atoms with Crippen LogP contribution in [0, 0.1) is 0 Å². The predicted molar refractivity (Wildman–Crippen MR) is 40.0 cm³/mol. The summed E-state index contributed by atoms with van der Waals surface area (Å²) >= 11 is 0. The van der Waals surface area contributed by atoms with Crippen molar-refractivity contribution < 1.29 is 17.9 Å². The number of ether oxygens (including phenoxy) is 1. The van der Waals surface area contributed by atoms with Crippen LogP contribution in [0.3, 0.4) is 0 Å². The molecule has 0 N–H and O–H groups in total. The van der Waals surface area contributed by atoms with E-state index in [1.54, 1.807) is 0 Å². The summed E-state index contributed by atoms with van der Waals surface area (Å²) in [7, 11) is 1.02. The fourth-order valence-electron chi connectivity index (χ4n) is 0.990. The summed E-state index contributed by atoms with van der Waals surface area (Å²) in [5.41, 5.74) is 0.0116. The Morgan fingerprint density at radius 1 is 1.46 bits per heavy atom. The number of alkyl halides is 3. The normalized spacial score (nSPS) is 14.2. The zero-order valence-corrected chi connectivity index (χ0v) is 6.88. The molecule has 0 unspecified atom stereocenters. The van der Waals surface area contributed by atoms with Crippen molar-refractivity contribution >= 4 is 0 Å². The fraction of sp³-hybridized carbons (Fsp3) is 0.375. The Morgan fingerprint density at radius 2 is 2.15 bits per heavy atom. The summed E-state index contributed by atoms with van der Waals surface area (Å²) in [5, 5.41) is 0. The Morgan fingerprint density at radius 3 is 2.54 bits per heavy atom. The number of hydrogen-bond donors (Lipinski definition) is 0. The maximum Gasteiger partial charge on any atom is 0.418 e. The van der Waals surface area contributed by atoms with Gasteiger partial charge in [0, 0.05) is 25.1 Å². The number of methoxy groups -OCH3 is 1. The maximum atomic E-state index is 12.3. The number of pyridine rings is 1. The lowest BCUT2D eigenvalue weighted by Gasteiger charge is -2.18. The molecule has 1 aromatic rings. The van der Waals surface area contributed by atoms with Gasteiger partial charge in [-0.05, 0) is 6.07 Å². The van der Waals surface area contributed by atoms with Gasteiger partial charge in [0.05, 0.1) is 0 Å². The van der Waals surface area contributed by atoms with E-state index in [1.807, 2.05) is 0 Å². The van der Waals surface area contributed by atoms with Crippen LogP contribution < -0.4 is 0 Å².